The van der Waals surface area contributed by atoms with E-state index in [1.165, 1.54) is 22.7 Å². The third kappa shape index (κ3) is 3.95. The summed E-state index contributed by atoms with van der Waals surface area (Å²) < 4.78 is 0. The fourth-order valence-electron chi connectivity index (χ4n) is 2.09. The van der Waals surface area contributed by atoms with Crippen molar-refractivity contribution in [1.82, 2.24) is 15.0 Å². The van der Waals surface area contributed by atoms with Crippen molar-refractivity contribution in [3.63, 3.8) is 0 Å². The molecule has 0 atom stereocenters. The fourth-order valence-corrected chi connectivity index (χ4v) is 3.57. The van der Waals surface area contributed by atoms with Crippen LogP contribution < -0.4 is 10.2 Å². The predicted molar refractivity (Wildman–Crippen MR) is 98.3 cm³/mol. The molecule has 3 heterocycles. The maximum atomic E-state index is 12.1. The Labute approximate surface area is 148 Å². The quantitative estimate of drug-likeness (QED) is 0.754. The van der Waals surface area contributed by atoms with E-state index in [2.05, 4.69) is 20.3 Å². The van der Waals surface area contributed by atoms with Gasteiger partial charge in [-0.1, -0.05) is 6.07 Å². The zero-order chi connectivity index (χ0) is 17.1. The van der Waals surface area contributed by atoms with E-state index < -0.39 is 0 Å². The molecule has 8 heteroatoms. The van der Waals surface area contributed by atoms with Crippen LogP contribution in [0.1, 0.15) is 16.3 Å². The molecule has 3 aromatic heterocycles. The Morgan fingerprint density at radius 1 is 1.29 bits per heavy atom. The van der Waals surface area contributed by atoms with Crippen molar-refractivity contribution < 1.29 is 4.79 Å². The minimum absolute atomic E-state index is 0.113. The fraction of sp³-hybridized carbons (Fsp3) is 0.250. The molecule has 0 aromatic carbocycles. The van der Waals surface area contributed by atoms with Crippen LogP contribution in [-0.2, 0) is 11.2 Å². The van der Waals surface area contributed by atoms with Gasteiger partial charge < -0.3 is 10.2 Å². The van der Waals surface area contributed by atoms with Crippen molar-refractivity contribution in [2.24, 2.45) is 0 Å². The van der Waals surface area contributed by atoms with Gasteiger partial charge in [0.25, 0.3) is 0 Å². The van der Waals surface area contributed by atoms with E-state index >= 15 is 0 Å². The average molecular weight is 359 g/mol. The first-order valence-corrected chi connectivity index (χ1v) is 9.05. The second-order valence-electron chi connectivity index (χ2n) is 5.32. The number of aryl methyl sites for hydroxylation is 2. The molecule has 0 saturated carbocycles. The highest BCUT2D eigenvalue weighted by atomic mass is 32.1. The lowest BCUT2D eigenvalue weighted by atomic mass is 10.3. The van der Waals surface area contributed by atoms with Gasteiger partial charge in [0.1, 0.15) is 5.82 Å². The van der Waals surface area contributed by atoms with Gasteiger partial charge in [-0.05, 0) is 26.0 Å². The Morgan fingerprint density at radius 2 is 2.12 bits per heavy atom. The summed E-state index contributed by atoms with van der Waals surface area (Å²) in [6, 6.07) is 5.85. The lowest BCUT2D eigenvalue weighted by Crippen LogP contribution is -2.15. The van der Waals surface area contributed by atoms with Gasteiger partial charge in [0.2, 0.25) is 5.91 Å². The van der Waals surface area contributed by atoms with Crippen molar-refractivity contribution in [2.75, 3.05) is 17.3 Å². The van der Waals surface area contributed by atoms with Gasteiger partial charge >= 0.3 is 0 Å². The lowest BCUT2D eigenvalue weighted by Gasteiger charge is -2.14. The van der Waals surface area contributed by atoms with E-state index in [-0.39, 0.29) is 12.3 Å². The monoisotopic (exact) mass is 359 g/mol. The molecule has 3 aromatic rings. The molecule has 0 saturated heterocycles. The summed E-state index contributed by atoms with van der Waals surface area (Å²) >= 11 is 2.95. The summed E-state index contributed by atoms with van der Waals surface area (Å²) in [6.07, 6.45) is 1.97. The molecular formula is C16H17N5OS2. The molecule has 0 spiro atoms. The van der Waals surface area contributed by atoms with Crippen molar-refractivity contribution in [2.45, 2.75) is 20.3 Å². The third-order valence-corrected chi connectivity index (χ3v) is 5.05. The zero-order valence-corrected chi connectivity index (χ0v) is 15.2. The zero-order valence-electron chi connectivity index (χ0n) is 13.6. The highest BCUT2D eigenvalue weighted by molar-refractivity contribution is 7.15. The molecule has 124 valence electrons. The number of nitrogens with zero attached hydrogens (tertiary/aromatic N) is 4. The number of amides is 1. The van der Waals surface area contributed by atoms with Crippen LogP contribution in [0.25, 0.3) is 0 Å². The SMILES string of the molecule is Cc1cccc(N(C)c2nc(CC(=O)Nc3ncc(C)s3)cs2)n1. The molecule has 0 radical (unpaired) electrons. The molecule has 0 aliphatic carbocycles. The number of anilines is 3. The second kappa shape index (κ2) is 7.06. The average Bonchev–Trinajstić information content (AvgIpc) is 3.16. The summed E-state index contributed by atoms with van der Waals surface area (Å²) in [5.41, 5.74) is 1.69. The maximum absolute atomic E-state index is 12.1. The molecule has 3 rings (SSSR count). The largest absolute Gasteiger partial charge is 0.305 e. The number of hydrogen-bond donors (Lipinski definition) is 1. The van der Waals surface area contributed by atoms with E-state index in [0.717, 1.165) is 27.2 Å². The second-order valence-corrected chi connectivity index (χ2v) is 7.39. The summed E-state index contributed by atoms with van der Waals surface area (Å²) in [5.74, 6) is 0.719. The molecular weight excluding hydrogens is 342 g/mol. The molecule has 1 N–H and O–H groups in total. The highest BCUT2D eigenvalue weighted by Gasteiger charge is 2.13. The first-order chi connectivity index (χ1) is 11.5. The van der Waals surface area contributed by atoms with E-state index in [9.17, 15) is 4.79 Å². The molecule has 0 aliphatic rings. The summed E-state index contributed by atoms with van der Waals surface area (Å²) in [6.45, 7) is 3.91. The number of aromatic nitrogens is 3. The number of thiazole rings is 2. The van der Waals surface area contributed by atoms with Gasteiger partial charge in [0.05, 0.1) is 12.1 Å². The van der Waals surface area contributed by atoms with Crippen LogP contribution in [0, 0.1) is 13.8 Å². The number of nitrogens with one attached hydrogen (secondary N) is 1. The first kappa shape index (κ1) is 16.5. The number of pyridine rings is 1. The summed E-state index contributed by atoms with van der Waals surface area (Å²) in [7, 11) is 1.92. The van der Waals surface area contributed by atoms with E-state index in [1.807, 2.05) is 49.4 Å². The van der Waals surface area contributed by atoms with Crippen molar-refractivity contribution in [3.8, 4) is 0 Å². The smallest absolute Gasteiger partial charge is 0.232 e. The first-order valence-electron chi connectivity index (χ1n) is 7.35. The van der Waals surface area contributed by atoms with Crippen molar-refractivity contribution >= 4 is 44.7 Å². The Balaban J connectivity index is 1.65. The normalized spacial score (nSPS) is 10.6. The van der Waals surface area contributed by atoms with Crippen LogP contribution >= 0.6 is 22.7 Å². The molecule has 0 aliphatic heterocycles. The van der Waals surface area contributed by atoms with Gasteiger partial charge in [0, 0.05) is 29.2 Å². The van der Waals surface area contributed by atoms with E-state index in [4.69, 9.17) is 0 Å². The topological polar surface area (TPSA) is 71.0 Å². The molecule has 0 fully saturated rings. The summed E-state index contributed by atoms with van der Waals surface area (Å²) in [4.78, 5) is 28.2. The molecule has 0 unspecified atom stereocenters. The predicted octanol–water partition coefficient (Wildman–Crippen LogP) is 3.56. The van der Waals surface area contributed by atoms with Crippen LogP contribution in [0.4, 0.5) is 16.1 Å². The number of rotatable bonds is 5. The van der Waals surface area contributed by atoms with Crippen LogP contribution in [0.3, 0.4) is 0 Å². The summed E-state index contributed by atoms with van der Waals surface area (Å²) in [5, 5.41) is 6.12. The van der Waals surface area contributed by atoms with Crippen molar-refractivity contribution in [1.29, 1.82) is 0 Å². The van der Waals surface area contributed by atoms with Crippen LogP contribution in [0.5, 0.6) is 0 Å². The molecule has 24 heavy (non-hydrogen) atoms. The molecule has 1 amide bonds. The number of carbonyl (C=O) groups is 1. The molecule has 6 nitrogen and oxygen atoms in total. The minimum atomic E-state index is -0.113. The number of hydrogen-bond acceptors (Lipinski definition) is 7. The Bertz CT molecular complexity index is 858. The van der Waals surface area contributed by atoms with Crippen LogP contribution in [0.15, 0.2) is 29.8 Å². The van der Waals surface area contributed by atoms with Crippen molar-refractivity contribution in [3.05, 3.63) is 46.0 Å². The molecule has 0 bridgehead atoms. The lowest BCUT2D eigenvalue weighted by molar-refractivity contribution is -0.115. The number of carbonyl (C=O) groups excluding carboxylic acids is 1. The Kier molecular flexibility index (Phi) is 4.86. The van der Waals surface area contributed by atoms with Gasteiger partial charge in [-0.25, -0.2) is 15.0 Å². The van der Waals surface area contributed by atoms with Gasteiger partial charge in [-0.3, -0.25) is 4.79 Å². The van der Waals surface area contributed by atoms with E-state index in [0.29, 0.717) is 5.13 Å². The highest BCUT2D eigenvalue weighted by Crippen LogP contribution is 2.26. The maximum Gasteiger partial charge on any atom is 0.232 e. The Hall–Kier alpha value is -2.32. The van der Waals surface area contributed by atoms with E-state index in [1.54, 1.807) is 6.20 Å². The minimum Gasteiger partial charge on any atom is -0.305 e. The Morgan fingerprint density at radius 3 is 2.83 bits per heavy atom. The van der Waals surface area contributed by atoms with Crippen LogP contribution in [0.2, 0.25) is 0 Å². The third-order valence-electron chi connectivity index (χ3n) is 3.25. The van der Waals surface area contributed by atoms with Crippen LogP contribution in [-0.4, -0.2) is 27.9 Å². The standard InChI is InChI=1S/C16H17N5OS2/c1-10-5-4-6-13(18-10)21(3)16-19-12(9-23-16)7-14(22)20-15-17-8-11(2)24-15/h4-6,8-9H,7H2,1-3H3,(H,17,20,22). The van der Waals surface area contributed by atoms with Gasteiger partial charge in [-0.2, -0.15) is 0 Å². The van der Waals surface area contributed by atoms with Gasteiger partial charge in [0.15, 0.2) is 10.3 Å². The van der Waals surface area contributed by atoms with Gasteiger partial charge in [-0.15, -0.1) is 22.7 Å².